The van der Waals surface area contributed by atoms with Gasteiger partial charge < -0.3 is 21.1 Å². The van der Waals surface area contributed by atoms with E-state index in [1.54, 1.807) is 6.07 Å². The van der Waals surface area contributed by atoms with Crippen LogP contribution in [0.25, 0.3) is 11.3 Å². The van der Waals surface area contributed by atoms with Crippen molar-refractivity contribution in [2.45, 2.75) is 63.4 Å². The van der Waals surface area contributed by atoms with Gasteiger partial charge in [-0.2, -0.15) is 13.2 Å². The Balaban J connectivity index is 1.46. The van der Waals surface area contributed by atoms with Crippen molar-refractivity contribution in [2.75, 3.05) is 10.6 Å². The monoisotopic (exact) mass is 511 g/mol. The molecule has 1 aromatic heterocycles. The van der Waals surface area contributed by atoms with Crippen molar-refractivity contribution in [3.8, 4) is 11.3 Å². The third-order valence-corrected chi connectivity index (χ3v) is 6.96. The van der Waals surface area contributed by atoms with Gasteiger partial charge in [-0.1, -0.05) is 18.2 Å². The highest BCUT2D eigenvalue weighted by Crippen LogP contribution is 2.36. The number of fused-ring (bicyclic) bond motifs is 1. The van der Waals surface area contributed by atoms with Crippen LogP contribution >= 0.6 is 0 Å². The van der Waals surface area contributed by atoms with Crippen molar-refractivity contribution in [3.63, 3.8) is 0 Å². The van der Waals surface area contributed by atoms with E-state index >= 15 is 0 Å². The molecule has 3 unspecified atom stereocenters. The van der Waals surface area contributed by atoms with Crippen molar-refractivity contribution < 1.29 is 23.1 Å². The van der Waals surface area contributed by atoms with Crippen LogP contribution in [0.5, 0.6) is 0 Å². The number of hydrogen-bond acceptors (Lipinski definition) is 6. The number of halogens is 3. The number of anilines is 3. The summed E-state index contributed by atoms with van der Waals surface area (Å²) in [6.45, 7) is 1.96. The number of carbonyl (C=O) groups excluding carboxylic acids is 1. The molecule has 0 radical (unpaired) electrons. The van der Waals surface area contributed by atoms with E-state index in [4.69, 9.17) is 0 Å². The summed E-state index contributed by atoms with van der Waals surface area (Å²) in [7, 11) is 0. The van der Waals surface area contributed by atoms with Crippen LogP contribution in [0, 0.1) is 0 Å². The fourth-order valence-corrected chi connectivity index (χ4v) is 5.00. The summed E-state index contributed by atoms with van der Waals surface area (Å²) in [6.07, 6.45) is -0.200. The summed E-state index contributed by atoms with van der Waals surface area (Å²) < 4.78 is 40.5. The average molecular weight is 512 g/mol. The van der Waals surface area contributed by atoms with Crippen LogP contribution in [0.1, 0.15) is 42.9 Å². The lowest BCUT2D eigenvalue weighted by Crippen LogP contribution is -2.38. The fourth-order valence-electron chi connectivity index (χ4n) is 5.00. The first-order valence-electron chi connectivity index (χ1n) is 12.3. The third kappa shape index (κ3) is 5.60. The fraction of sp³-hybridized carbons (Fsp3) is 0.370. The minimum atomic E-state index is -4.56. The van der Waals surface area contributed by atoms with Gasteiger partial charge in [-0.15, -0.1) is 0 Å². The van der Waals surface area contributed by atoms with E-state index in [9.17, 15) is 23.1 Å². The number of alkyl halides is 3. The summed E-state index contributed by atoms with van der Waals surface area (Å²) in [4.78, 5) is 21.4. The smallest absolute Gasteiger partial charge is 0.393 e. The number of rotatable bonds is 5. The third-order valence-electron chi connectivity index (χ3n) is 6.96. The number of hydrogen-bond donors (Lipinski definition) is 4. The maximum absolute atomic E-state index is 13.5. The molecule has 194 valence electrons. The van der Waals surface area contributed by atoms with Crippen LogP contribution in [0.4, 0.5) is 30.4 Å². The second-order valence-electron chi connectivity index (χ2n) is 9.70. The van der Waals surface area contributed by atoms with Gasteiger partial charge in [-0.3, -0.25) is 4.79 Å². The molecule has 10 heteroatoms. The van der Waals surface area contributed by atoms with E-state index in [-0.39, 0.29) is 17.6 Å². The van der Waals surface area contributed by atoms with E-state index < -0.39 is 23.9 Å². The van der Waals surface area contributed by atoms with Crippen LogP contribution in [0.3, 0.4) is 0 Å². The van der Waals surface area contributed by atoms with Gasteiger partial charge in [-0.05, 0) is 61.9 Å². The Morgan fingerprint density at radius 3 is 2.68 bits per heavy atom. The lowest BCUT2D eigenvalue weighted by atomic mass is 9.88. The molecule has 1 amide bonds. The predicted octanol–water partition coefficient (Wildman–Crippen LogP) is 4.83. The van der Waals surface area contributed by atoms with Crippen LogP contribution < -0.4 is 16.0 Å². The summed E-state index contributed by atoms with van der Waals surface area (Å²) in [5, 5.41) is 19.3. The molecule has 1 aliphatic carbocycles. The average Bonchev–Trinajstić information content (AvgIpc) is 3.30. The van der Waals surface area contributed by atoms with E-state index in [2.05, 4.69) is 25.9 Å². The Labute approximate surface area is 212 Å². The highest BCUT2D eigenvalue weighted by molar-refractivity contribution is 5.98. The van der Waals surface area contributed by atoms with Gasteiger partial charge in [0, 0.05) is 29.8 Å². The molecule has 0 spiro atoms. The first-order valence-corrected chi connectivity index (χ1v) is 12.3. The van der Waals surface area contributed by atoms with Gasteiger partial charge in [-0.25, -0.2) is 9.97 Å². The maximum atomic E-state index is 13.5. The SMILES string of the molecule is CC1CCC(C(=O)Nc2cc(C(F)(F)F)ccc2-c2cc(Nc3cccc4c3CC(O)CC4)ncn2)N1. The number of aliphatic hydroxyl groups excluding tert-OH is 1. The van der Waals surface area contributed by atoms with Gasteiger partial charge >= 0.3 is 6.18 Å². The summed E-state index contributed by atoms with van der Waals surface area (Å²) in [6, 6.07) is 10.4. The number of carbonyl (C=O) groups is 1. The summed E-state index contributed by atoms with van der Waals surface area (Å²) >= 11 is 0. The number of amides is 1. The number of nitrogens with one attached hydrogen (secondary N) is 3. The molecule has 37 heavy (non-hydrogen) atoms. The standard InChI is InChI=1S/C27H28F3N5O2/c1-15-5-10-22(33-15)26(37)35-24-11-17(27(28,29)30)7-9-19(24)23-13-25(32-14-31-23)34-21-4-2-3-16-6-8-18(36)12-20(16)21/h2-4,7,9,11,13-15,18,22,33,36H,5-6,8,10,12H2,1H3,(H,35,37)(H,31,32,34). The number of aryl methyl sites for hydroxylation is 1. The predicted molar refractivity (Wildman–Crippen MR) is 134 cm³/mol. The molecule has 7 nitrogen and oxygen atoms in total. The minimum Gasteiger partial charge on any atom is -0.393 e. The van der Waals surface area contributed by atoms with Gasteiger partial charge in [0.15, 0.2) is 0 Å². The number of benzene rings is 2. The van der Waals surface area contributed by atoms with Crippen molar-refractivity contribution in [2.24, 2.45) is 0 Å². The Hall–Kier alpha value is -3.50. The molecule has 4 N–H and O–H groups in total. The molecule has 3 atom stereocenters. The molecule has 2 aliphatic rings. The quantitative estimate of drug-likeness (QED) is 0.392. The van der Waals surface area contributed by atoms with Crippen LogP contribution in [-0.4, -0.2) is 39.2 Å². The summed E-state index contributed by atoms with van der Waals surface area (Å²) in [5.74, 6) is 0.0636. The van der Waals surface area contributed by atoms with Crippen molar-refractivity contribution in [1.29, 1.82) is 0 Å². The lowest BCUT2D eigenvalue weighted by Gasteiger charge is -2.23. The van der Waals surface area contributed by atoms with Crippen molar-refractivity contribution in [3.05, 3.63) is 65.5 Å². The highest BCUT2D eigenvalue weighted by atomic mass is 19.4. The lowest BCUT2D eigenvalue weighted by molar-refractivity contribution is -0.137. The van der Waals surface area contributed by atoms with Crippen LogP contribution in [0.15, 0.2) is 48.8 Å². The molecular weight excluding hydrogens is 483 g/mol. The Morgan fingerprint density at radius 1 is 1.08 bits per heavy atom. The van der Waals surface area contributed by atoms with E-state index in [0.717, 1.165) is 41.8 Å². The van der Waals surface area contributed by atoms with Gasteiger partial charge in [0.05, 0.1) is 29.1 Å². The van der Waals surface area contributed by atoms with Crippen molar-refractivity contribution >= 4 is 23.1 Å². The van der Waals surface area contributed by atoms with E-state index in [1.807, 2.05) is 25.1 Å². The topological polar surface area (TPSA) is 99.2 Å². The Morgan fingerprint density at radius 2 is 1.92 bits per heavy atom. The van der Waals surface area contributed by atoms with Crippen molar-refractivity contribution in [1.82, 2.24) is 15.3 Å². The molecule has 1 aliphatic heterocycles. The summed E-state index contributed by atoms with van der Waals surface area (Å²) in [5.41, 5.74) is 2.87. The second kappa shape index (κ2) is 10.1. The molecule has 3 aromatic rings. The highest BCUT2D eigenvalue weighted by Gasteiger charge is 2.32. The zero-order chi connectivity index (χ0) is 26.2. The van der Waals surface area contributed by atoms with Gasteiger partial charge in [0.25, 0.3) is 0 Å². The number of aliphatic hydroxyl groups is 1. The molecule has 1 fully saturated rings. The van der Waals surface area contributed by atoms with E-state index in [0.29, 0.717) is 36.3 Å². The Bertz CT molecular complexity index is 1310. The van der Waals surface area contributed by atoms with Gasteiger partial charge in [0.1, 0.15) is 12.1 Å². The van der Waals surface area contributed by atoms with Gasteiger partial charge in [0.2, 0.25) is 5.91 Å². The minimum absolute atomic E-state index is 0.0334. The first kappa shape index (κ1) is 25.2. The maximum Gasteiger partial charge on any atom is 0.416 e. The zero-order valence-electron chi connectivity index (χ0n) is 20.3. The molecule has 0 bridgehead atoms. The number of aromatic nitrogens is 2. The molecule has 5 rings (SSSR count). The molecular formula is C27H28F3N5O2. The molecule has 2 heterocycles. The largest absolute Gasteiger partial charge is 0.416 e. The van der Waals surface area contributed by atoms with Crippen LogP contribution in [0.2, 0.25) is 0 Å². The normalized spacial score (nSPS) is 21.4. The zero-order valence-corrected chi connectivity index (χ0v) is 20.3. The number of nitrogens with zero attached hydrogens (tertiary/aromatic N) is 2. The first-order chi connectivity index (χ1) is 17.7. The van der Waals surface area contributed by atoms with Crippen LogP contribution in [-0.2, 0) is 23.8 Å². The molecule has 2 aromatic carbocycles. The second-order valence-corrected chi connectivity index (χ2v) is 9.70. The molecule has 1 saturated heterocycles. The molecule has 0 saturated carbocycles. The Kier molecular flexibility index (Phi) is 6.87. The van der Waals surface area contributed by atoms with E-state index in [1.165, 1.54) is 12.4 Å².